The van der Waals surface area contributed by atoms with Gasteiger partial charge in [-0.2, -0.15) is 13.2 Å². The summed E-state index contributed by atoms with van der Waals surface area (Å²) in [7, 11) is 0. The van der Waals surface area contributed by atoms with Gasteiger partial charge < -0.3 is 25.0 Å². The molecule has 0 aliphatic carbocycles. The third-order valence-corrected chi connectivity index (χ3v) is 7.25. The number of hydrogen-bond donors (Lipinski definition) is 3. The molecule has 2 atom stereocenters. The Balaban J connectivity index is 0.000000405. The van der Waals surface area contributed by atoms with Crippen LogP contribution in [-0.4, -0.2) is 82.3 Å². The molecule has 200 valence electrons. The van der Waals surface area contributed by atoms with E-state index in [1.807, 2.05) is 35.2 Å². The number of aliphatic carboxylic acids is 1. The van der Waals surface area contributed by atoms with Crippen LogP contribution in [0.2, 0.25) is 5.02 Å². The molecule has 0 amide bonds. The van der Waals surface area contributed by atoms with Crippen molar-refractivity contribution < 1.29 is 42.8 Å². The molecule has 1 spiro atoms. The van der Waals surface area contributed by atoms with E-state index in [1.54, 1.807) is 12.1 Å². The molecule has 0 radical (unpaired) electrons. The van der Waals surface area contributed by atoms with E-state index in [2.05, 4.69) is 4.90 Å². The smallest absolute Gasteiger partial charge is 0.487 e. The molecule has 2 aromatic rings. The number of halogens is 4. The number of hydrogen-bond acceptors (Lipinski definition) is 6. The third kappa shape index (κ3) is 5.94. The quantitative estimate of drug-likeness (QED) is 0.539. The normalized spacial score (nSPS) is 22.7. The van der Waals surface area contributed by atoms with Gasteiger partial charge in [0.25, 0.3) is 0 Å². The number of β-amino-alcohol motifs (C(OH)–C–C–N with tert-alkyl or cyclic N) is 1. The number of benzene rings is 2. The summed E-state index contributed by atoms with van der Waals surface area (Å²) in [6.45, 7) is 2.75. The highest BCUT2D eigenvalue weighted by Crippen LogP contribution is 2.42. The van der Waals surface area contributed by atoms with Gasteiger partial charge in [0.1, 0.15) is 11.4 Å². The number of likely N-dealkylation sites (tertiary alicyclic amines) is 1. The lowest BCUT2D eigenvalue weighted by molar-refractivity contribution is -0.192. The fourth-order valence-electron chi connectivity index (χ4n) is 5.20. The van der Waals surface area contributed by atoms with E-state index in [0.717, 1.165) is 43.1 Å². The van der Waals surface area contributed by atoms with E-state index in [-0.39, 0.29) is 17.2 Å². The maximum atomic E-state index is 11.6. The van der Waals surface area contributed by atoms with Crippen LogP contribution in [0.3, 0.4) is 0 Å². The Morgan fingerprint density at radius 3 is 2.32 bits per heavy atom. The number of fused-ring (bicyclic) bond motifs is 1. The predicted octanol–water partition coefficient (Wildman–Crippen LogP) is 3.69. The van der Waals surface area contributed by atoms with Crippen LogP contribution in [0.5, 0.6) is 5.75 Å². The number of aromatic carboxylic acids is 1. The van der Waals surface area contributed by atoms with Gasteiger partial charge in [-0.25, -0.2) is 9.59 Å². The zero-order valence-corrected chi connectivity index (χ0v) is 20.4. The van der Waals surface area contributed by atoms with Crippen molar-refractivity contribution in [2.24, 2.45) is 0 Å². The summed E-state index contributed by atoms with van der Waals surface area (Å²) in [6.07, 6.45) is -2.92. The average molecular weight is 543 g/mol. The van der Waals surface area contributed by atoms with Crippen LogP contribution in [0.15, 0.2) is 42.5 Å². The van der Waals surface area contributed by atoms with Gasteiger partial charge >= 0.3 is 18.1 Å². The largest absolute Gasteiger partial charge is 0.490 e. The van der Waals surface area contributed by atoms with E-state index in [1.165, 1.54) is 5.56 Å². The number of rotatable bonds is 3. The van der Waals surface area contributed by atoms with Crippen LogP contribution in [-0.2, 0) is 11.2 Å². The summed E-state index contributed by atoms with van der Waals surface area (Å²) >= 11 is 6.14. The highest BCUT2D eigenvalue weighted by molar-refractivity contribution is 6.30. The lowest BCUT2D eigenvalue weighted by Gasteiger charge is -2.41. The molecule has 0 saturated carbocycles. The van der Waals surface area contributed by atoms with Crippen molar-refractivity contribution in [3.05, 3.63) is 58.6 Å². The monoisotopic (exact) mass is 542 g/mol. The second kappa shape index (κ2) is 10.4. The van der Waals surface area contributed by atoms with Gasteiger partial charge in [-0.1, -0.05) is 23.7 Å². The van der Waals surface area contributed by atoms with Crippen LogP contribution >= 0.6 is 11.6 Å². The number of piperidine rings is 1. The van der Waals surface area contributed by atoms with Gasteiger partial charge in [0, 0.05) is 50.5 Å². The first-order chi connectivity index (χ1) is 17.4. The minimum absolute atomic E-state index is 0.0116. The summed E-state index contributed by atoms with van der Waals surface area (Å²) < 4.78 is 38.1. The molecule has 3 N–H and O–H groups in total. The minimum atomic E-state index is -5.08. The molecule has 3 heterocycles. The topological polar surface area (TPSA) is 111 Å². The fraction of sp³-hybridized carbons (Fsp3) is 0.440. The predicted molar refractivity (Wildman–Crippen MR) is 128 cm³/mol. The minimum Gasteiger partial charge on any atom is -0.487 e. The Bertz CT molecular complexity index is 1170. The molecule has 12 heteroatoms. The summed E-state index contributed by atoms with van der Waals surface area (Å²) in [5, 5.41) is 28.1. The molecule has 5 rings (SSSR count). The number of aliphatic hydroxyl groups is 1. The molecule has 3 aliphatic heterocycles. The van der Waals surface area contributed by atoms with E-state index in [0.29, 0.717) is 18.8 Å². The van der Waals surface area contributed by atoms with Crippen LogP contribution in [0, 0.1) is 0 Å². The summed E-state index contributed by atoms with van der Waals surface area (Å²) in [4.78, 5) is 24.8. The highest BCUT2D eigenvalue weighted by atomic mass is 35.5. The Labute approximate surface area is 215 Å². The lowest BCUT2D eigenvalue weighted by atomic mass is 9.86. The summed E-state index contributed by atoms with van der Waals surface area (Å²) in [6, 6.07) is 12.8. The number of para-hydroxylation sites is 1. The number of anilines is 1. The first kappa shape index (κ1) is 27.0. The molecular formula is C25H26ClF3N2O6. The van der Waals surface area contributed by atoms with Crippen LogP contribution in [0.25, 0.3) is 0 Å². The molecule has 2 saturated heterocycles. The SMILES string of the molecule is O=C(O)C(F)(F)F.O=C(O)c1ccccc1N1CC(N2CCC3(CC2)Cc2cc(Cl)ccc2O3)[C@H](O)C1. The molecule has 2 aromatic carbocycles. The van der Waals surface area contributed by atoms with Crippen LogP contribution < -0.4 is 9.64 Å². The second-order valence-corrected chi connectivity index (χ2v) is 9.85. The molecule has 2 fully saturated rings. The van der Waals surface area contributed by atoms with E-state index in [4.69, 9.17) is 26.2 Å². The lowest BCUT2D eigenvalue weighted by Crippen LogP contribution is -2.53. The third-order valence-electron chi connectivity index (χ3n) is 7.02. The van der Waals surface area contributed by atoms with Gasteiger partial charge in [-0.3, -0.25) is 4.90 Å². The fourth-order valence-corrected chi connectivity index (χ4v) is 5.39. The zero-order chi connectivity index (χ0) is 27.0. The number of carboxylic acids is 2. The maximum absolute atomic E-state index is 11.6. The van der Waals surface area contributed by atoms with Crippen molar-refractivity contribution in [1.82, 2.24) is 4.90 Å². The van der Waals surface area contributed by atoms with E-state index < -0.39 is 24.2 Å². The number of carbonyl (C=O) groups is 2. The van der Waals surface area contributed by atoms with Crippen molar-refractivity contribution in [1.29, 1.82) is 0 Å². The van der Waals surface area contributed by atoms with Crippen molar-refractivity contribution >= 4 is 29.2 Å². The molecule has 1 unspecified atom stereocenters. The first-order valence-corrected chi connectivity index (χ1v) is 12.0. The molecular weight excluding hydrogens is 517 g/mol. The molecule has 8 nitrogen and oxygen atoms in total. The van der Waals surface area contributed by atoms with Gasteiger partial charge in [-0.15, -0.1) is 0 Å². The van der Waals surface area contributed by atoms with Crippen LogP contribution in [0.4, 0.5) is 18.9 Å². The maximum Gasteiger partial charge on any atom is 0.490 e. The van der Waals surface area contributed by atoms with Crippen LogP contribution in [0.1, 0.15) is 28.8 Å². The average Bonchev–Trinajstić information content (AvgIpc) is 3.39. The van der Waals surface area contributed by atoms with E-state index >= 15 is 0 Å². The second-order valence-electron chi connectivity index (χ2n) is 9.41. The summed E-state index contributed by atoms with van der Waals surface area (Å²) in [5.74, 6) is -2.76. The Morgan fingerprint density at radius 2 is 1.70 bits per heavy atom. The number of nitrogens with zero attached hydrogens (tertiary/aromatic N) is 2. The number of carboxylic acid groups (broad SMARTS) is 2. The van der Waals surface area contributed by atoms with E-state index in [9.17, 15) is 28.2 Å². The summed E-state index contributed by atoms with van der Waals surface area (Å²) in [5.41, 5.74) is 1.95. The van der Waals surface area contributed by atoms with Gasteiger partial charge in [-0.05, 0) is 35.9 Å². The number of ether oxygens (including phenoxy) is 1. The zero-order valence-electron chi connectivity index (χ0n) is 19.6. The Morgan fingerprint density at radius 1 is 1.05 bits per heavy atom. The van der Waals surface area contributed by atoms with Crippen molar-refractivity contribution in [3.63, 3.8) is 0 Å². The Kier molecular flexibility index (Phi) is 7.59. The number of aliphatic hydroxyl groups excluding tert-OH is 1. The van der Waals surface area contributed by atoms with Gasteiger partial charge in [0.2, 0.25) is 0 Å². The molecule has 37 heavy (non-hydrogen) atoms. The Hall–Kier alpha value is -3.02. The van der Waals surface area contributed by atoms with Crippen molar-refractivity contribution in [2.45, 2.75) is 43.2 Å². The van der Waals surface area contributed by atoms with Crippen molar-refractivity contribution in [3.8, 4) is 5.75 Å². The molecule has 0 aromatic heterocycles. The number of alkyl halides is 3. The highest BCUT2D eigenvalue weighted by Gasteiger charge is 2.45. The van der Waals surface area contributed by atoms with Crippen molar-refractivity contribution in [2.75, 3.05) is 31.1 Å². The molecule has 3 aliphatic rings. The van der Waals surface area contributed by atoms with Gasteiger partial charge in [0.05, 0.1) is 23.4 Å². The van der Waals surface area contributed by atoms with Gasteiger partial charge in [0.15, 0.2) is 0 Å². The first-order valence-electron chi connectivity index (χ1n) is 11.7. The molecule has 0 bridgehead atoms. The standard InChI is InChI=1S/C23H25ClN2O4.C2HF3O2/c24-16-5-6-21-15(11-16)12-23(30-21)7-9-25(10-8-23)19-13-26(14-20(19)27)18-4-2-1-3-17(18)22(28)29;3-2(4,5)1(6)7/h1-6,11,19-20,27H,7-10,12-14H2,(H,28,29);(H,6,7)/t19?,20-;/m1./s1.